The lowest BCUT2D eigenvalue weighted by atomic mass is 9.84. The van der Waals surface area contributed by atoms with Crippen LogP contribution in [0.4, 0.5) is 0 Å². The Morgan fingerprint density at radius 1 is 1.44 bits per heavy atom. The van der Waals surface area contributed by atoms with Crippen molar-refractivity contribution in [1.82, 2.24) is 5.32 Å². The van der Waals surface area contributed by atoms with Gasteiger partial charge in [-0.15, -0.1) is 0 Å². The van der Waals surface area contributed by atoms with Crippen LogP contribution < -0.4 is 11.1 Å². The lowest BCUT2D eigenvalue weighted by Crippen LogP contribution is -2.39. The van der Waals surface area contributed by atoms with Gasteiger partial charge in [0.25, 0.3) is 0 Å². The number of ether oxygens (including phenoxy) is 1. The minimum Gasteiger partial charge on any atom is -0.396 e. The second-order valence-corrected chi connectivity index (χ2v) is 5.43. The molecular formula is C13H28N2O3. The fraction of sp³-hybridized carbons (Fsp3) is 0.923. The van der Waals surface area contributed by atoms with Crippen LogP contribution in [0.25, 0.3) is 0 Å². The van der Waals surface area contributed by atoms with E-state index in [1.54, 1.807) is 7.11 Å². The van der Waals surface area contributed by atoms with E-state index in [4.69, 9.17) is 15.6 Å². The molecule has 0 aromatic carbocycles. The van der Waals surface area contributed by atoms with Gasteiger partial charge in [-0.2, -0.15) is 0 Å². The number of aliphatic hydroxyl groups is 1. The number of carbonyl (C=O) groups is 1. The van der Waals surface area contributed by atoms with E-state index in [2.05, 4.69) is 19.2 Å². The van der Waals surface area contributed by atoms with E-state index in [0.29, 0.717) is 26.0 Å². The summed E-state index contributed by atoms with van der Waals surface area (Å²) in [5.41, 5.74) is 5.63. The molecule has 5 heteroatoms. The molecule has 0 aliphatic rings. The van der Waals surface area contributed by atoms with E-state index in [1.165, 1.54) is 0 Å². The Morgan fingerprint density at radius 3 is 2.61 bits per heavy atom. The predicted octanol–water partition coefficient (Wildman–Crippen LogP) is 0.655. The average molecular weight is 260 g/mol. The number of carbonyl (C=O) groups excluding carboxylic acids is 1. The van der Waals surface area contributed by atoms with Gasteiger partial charge in [0.1, 0.15) is 0 Å². The summed E-state index contributed by atoms with van der Waals surface area (Å²) >= 11 is 0. The lowest BCUT2D eigenvalue weighted by Gasteiger charge is -2.24. The zero-order valence-corrected chi connectivity index (χ0v) is 11.9. The maximum atomic E-state index is 11.8. The van der Waals surface area contributed by atoms with Crippen molar-refractivity contribution in [2.24, 2.45) is 11.1 Å². The van der Waals surface area contributed by atoms with Crippen molar-refractivity contribution in [1.29, 1.82) is 0 Å². The third-order valence-corrected chi connectivity index (χ3v) is 3.06. The van der Waals surface area contributed by atoms with Crippen LogP contribution in [0.15, 0.2) is 0 Å². The van der Waals surface area contributed by atoms with Gasteiger partial charge in [0.2, 0.25) is 5.91 Å². The Morgan fingerprint density at radius 2 is 2.11 bits per heavy atom. The van der Waals surface area contributed by atoms with Gasteiger partial charge in [-0.05, 0) is 31.2 Å². The van der Waals surface area contributed by atoms with Gasteiger partial charge in [-0.25, -0.2) is 0 Å². The highest BCUT2D eigenvalue weighted by Gasteiger charge is 2.19. The summed E-state index contributed by atoms with van der Waals surface area (Å²) in [6.07, 6.45) is 2.73. The summed E-state index contributed by atoms with van der Waals surface area (Å²) in [5.74, 6) is 0.00981. The molecule has 0 aliphatic heterocycles. The maximum Gasteiger partial charge on any atom is 0.220 e. The first-order chi connectivity index (χ1) is 8.45. The Balaban J connectivity index is 4.00. The molecule has 0 aliphatic carbocycles. The highest BCUT2D eigenvalue weighted by atomic mass is 16.5. The van der Waals surface area contributed by atoms with Gasteiger partial charge in [-0.3, -0.25) is 4.79 Å². The van der Waals surface area contributed by atoms with Crippen LogP contribution in [-0.2, 0) is 9.53 Å². The van der Waals surface area contributed by atoms with Crippen molar-refractivity contribution in [3.63, 3.8) is 0 Å². The quantitative estimate of drug-likeness (QED) is 0.538. The molecule has 0 fully saturated rings. The molecule has 1 amide bonds. The molecule has 4 N–H and O–H groups in total. The molecule has 0 saturated carbocycles. The second kappa shape index (κ2) is 9.30. The van der Waals surface area contributed by atoms with Crippen LogP contribution in [0, 0.1) is 5.41 Å². The number of amides is 1. The van der Waals surface area contributed by atoms with E-state index in [0.717, 1.165) is 12.8 Å². The highest BCUT2D eigenvalue weighted by molar-refractivity contribution is 5.76. The summed E-state index contributed by atoms with van der Waals surface area (Å²) in [5, 5.41) is 11.8. The van der Waals surface area contributed by atoms with Crippen LogP contribution >= 0.6 is 0 Å². The number of nitrogens with one attached hydrogen (secondary N) is 1. The molecule has 0 aromatic heterocycles. The SMILES string of the molecule is COCC(CCO)NC(=O)CCC(C)(C)CCN. The van der Waals surface area contributed by atoms with Crippen molar-refractivity contribution < 1.29 is 14.6 Å². The smallest absolute Gasteiger partial charge is 0.220 e. The van der Waals surface area contributed by atoms with Crippen LogP contribution in [0.5, 0.6) is 0 Å². The first-order valence-corrected chi connectivity index (χ1v) is 6.54. The maximum absolute atomic E-state index is 11.8. The zero-order chi connectivity index (χ0) is 14.0. The normalized spacial score (nSPS) is 13.4. The standard InChI is InChI=1S/C13H28N2O3/c1-13(2,7-8-14)6-4-12(17)15-11(5-9-16)10-18-3/h11,16H,4-10,14H2,1-3H3,(H,15,17). The summed E-state index contributed by atoms with van der Waals surface area (Å²) in [4.78, 5) is 11.8. The molecule has 1 atom stereocenters. The summed E-state index contributed by atoms with van der Waals surface area (Å²) < 4.78 is 5.00. The number of aliphatic hydroxyl groups excluding tert-OH is 1. The monoisotopic (exact) mass is 260 g/mol. The second-order valence-electron chi connectivity index (χ2n) is 5.43. The summed E-state index contributed by atoms with van der Waals surface area (Å²) in [6.45, 7) is 5.36. The number of hydrogen-bond acceptors (Lipinski definition) is 4. The van der Waals surface area contributed by atoms with Crippen molar-refractivity contribution >= 4 is 5.91 Å². The predicted molar refractivity (Wildman–Crippen MR) is 72.2 cm³/mol. The Bertz CT molecular complexity index is 226. The van der Waals surface area contributed by atoms with Crippen molar-refractivity contribution in [3.8, 4) is 0 Å². The van der Waals surface area contributed by atoms with Crippen LogP contribution in [0.3, 0.4) is 0 Å². The van der Waals surface area contributed by atoms with Gasteiger partial charge in [-0.1, -0.05) is 13.8 Å². The number of hydrogen-bond donors (Lipinski definition) is 3. The lowest BCUT2D eigenvalue weighted by molar-refractivity contribution is -0.122. The topological polar surface area (TPSA) is 84.6 Å². The molecule has 0 saturated heterocycles. The van der Waals surface area contributed by atoms with E-state index in [-0.39, 0.29) is 24.0 Å². The first-order valence-electron chi connectivity index (χ1n) is 6.54. The minimum absolute atomic E-state index is 0.00981. The molecule has 18 heavy (non-hydrogen) atoms. The highest BCUT2D eigenvalue weighted by Crippen LogP contribution is 2.25. The van der Waals surface area contributed by atoms with Gasteiger partial charge in [0, 0.05) is 20.1 Å². The Labute approximate surface area is 110 Å². The molecule has 0 rings (SSSR count). The van der Waals surface area contributed by atoms with Crippen molar-refractivity contribution in [2.75, 3.05) is 26.9 Å². The fourth-order valence-electron chi connectivity index (χ4n) is 1.82. The minimum atomic E-state index is -0.106. The number of rotatable bonds is 10. The van der Waals surface area contributed by atoms with Crippen molar-refractivity contribution in [2.45, 2.75) is 45.6 Å². The van der Waals surface area contributed by atoms with Gasteiger partial charge in [0.05, 0.1) is 12.6 Å². The fourth-order valence-corrected chi connectivity index (χ4v) is 1.82. The van der Waals surface area contributed by atoms with Gasteiger partial charge >= 0.3 is 0 Å². The van der Waals surface area contributed by atoms with Gasteiger partial charge < -0.3 is 20.9 Å². The largest absolute Gasteiger partial charge is 0.396 e. The molecule has 5 nitrogen and oxygen atoms in total. The molecule has 108 valence electrons. The van der Waals surface area contributed by atoms with Gasteiger partial charge in [0.15, 0.2) is 0 Å². The Kier molecular flexibility index (Phi) is 8.97. The van der Waals surface area contributed by atoms with Crippen molar-refractivity contribution in [3.05, 3.63) is 0 Å². The number of nitrogens with two attached hydrogens (primary N) is 1. The van der Waals surface area contributed by atoms with E-state index >= 15 is 0 Å². The molecule has 0 bridgehead atoms. The molecule has 0 heterocycles. The van der Waals surface area contributed by atoms with E-state index in [1.807, 2.05) is 0 Å². The van der Waals surface area contributed by atoms with E-state index in [9.17, 15) is 4.79 Å². The van der Waals surface area contributed by atoms with Crippen LogP contribution in [0.1, 0.15) is 39.5 Å². The first kappa shape index (κ1) is 17.4. The number of methoxy groups -OCH3 is 1. The van der Waals surface area contributed by atoms with Crippen LogP contribution in [-0.4, -0.2) is 43.9 Å². The van der Waals surface area contributed by atoms with Crippen LogP contribution in [0.2, 0.25) is 0 Å². The van der Waals surface area contributed by atoms with E-state index < -0.39 is 0 Å². The zero-order valence-electron chi connectivity index (χ0n) is 11.9. The summed E-state index contributed by atoms with van der Waals surface area (Å²) in [6, 6.07) is -0.106. The molecule has 0 radical (unpaired) electrons. The third kappa shape index (κ3) is 8.44. The molecule has 1 unspecified atom stereocenters. The third-order valence-electron chi connectivity index (χ3n) is 3.06. The average Bonchev–Trinajstić information content (AvgIpc) is 2.27. The molecule has 0 spiro atoms. The summed E-state index contributed by atoms with van der Waals surface area (Å²) in [7, 11) is 1.58. The Hall–Kier alpha value is -0.650. The molecule has 0 aromatic rings. The molecular weight excluding hydrogens is 232 g/mol.